The van der Waals surface area contributed by atoms with Crippen LogP contribution >= 0.6 is 0 Å². The van der Waals surface area contributed by atoms with Crippen molar-refractivity contribution in [3.63, 3.8) is 0 Å². The molecule has 0 aliphatic heterocycles. The number of benzene rings is 9. The van der Waals surface area contributed by atoms with Gasteiger partial charge in [-0.15, -0.1) is 0 Å². The summed E-state index contributed by atoms with van der Waals surface area (Å²) in [5.74, 6) is 1.91. The van der Waals surface area contributed by atoms with Gasteiger partial charge in [0, 0.05) is 77.2 Å². The molecule has 0 saturated carbocycles. The van der Waals surface area contributed by atoms with Gasteiger partial charge in [-0.2, -0.15) is 9.97 Å². The van der Waals surface area contributed by atoms with Crippen LogP contribution in [0.4, 0.5) is 0 Å². The molecule has 0 saturated heterocycles. The van der Waals surface area contributed by atoms with Gasteiger partial charge < -0.3 is 13.7 Å². The van der Waals surface area contributed by atoms with Crippen molar-refractivity contribution in [3.05, 3.63) is 230 Å². The van der Waals surface area contributed by atoms with Crippen molar-refractivity contribution in [2.45, 2.75) is 12.8 Å². The topological polar surface area (TPSA) is 58.4 Å². The third-order valence-corrected chi connectivity index (χ3v) is 14.5. The summed E-state index contributed by atoms with van der Waals surface area (Å²) in [4.78, 5) is 15.7. The van der Waals surface area contributed by atoms with Crippen LogP contribution in [0.25, 0.3) is 128 Å². The molecule has 7 nitrogen and oxygen atoms in total. The van der Waals surface area contributed by atoms with E-state index in [0.29, 0.717) is 17.6 Å². The van der Waals surface area contributed by atoms with Gasteiger partial charge in [0.05, 0.1) is 38.6 Å². The minimum Gasteiger partial charge on any atom is -0.309 e. The molecule has 5 heterocycles. The monoisotopic (exact) mass is 895 g/mol. The highest BCUT2D eigenvalue weighted by Crippen LogP contribution is 2.44. The molecule has 0 amide bonds. The van der Waals surface area contributed by atoms with Gasteiger partial charge in [-0.05, 0) is 79.6 Å². The fraction of sp³-hybridized carbons (Fsp3) is 0.0317. The molecule has 0 spiro atoms. The Morgan fingerprint density at radius 2 is 0.843 bits per heavy atom. The van der Waals surface area contributed by atoms with E-state index >= 15 is 0 Å². The van der Waals surface area contributed by atoms with Crippen LogP contribution in [-0.2, 0) is 6.42 Å². The lowest BCUT2D eigenvalue weighted by Gasteiger charge is -2.14. The molecule has 328 valence electrons. The second-order valence-electron chi connectivity index (χ2n) is 18.3. The zero-order chi connectivity index (χ0) is 45.9. The summed E-state index contributed by atoms with van der Waals surface area (Å²) < 4.78 is 9.65. The predicted octanol–water partition coefficient (Wildman–Crippen LogP) is 15.4. The fourth-order valence-corrected chi connectivity index (χ4v) is 11.5. The number of hydrogen-bond donors (Lipinski definition) is 0. The molecule has 14 aromatic rings. The van der Waals surface area contributed by atoms with Crippen LogP contribution in [0, 0.1) is 0 Å². The van der Waals surface area contributed by atoms with Gasteiger partial charge in [0.2, 0.25) is 5.95 Å². The highest BCUT2D eigenvalue weighted by Gasteiger charge is 2.27. The molecule has 0 radical (unpaired) electrons. The van der Waals surface area contributed by atoms with Crippen molar-refractivity contribution >= 4 is 82.4 Å². The molecule has 0 unspecified atom stereocenters. The predicted molar refractivity (Wildman–Crippen MR) is 288 cm³/mol. The third kappa shape index (κ3) is 5.66. The zero-order valence-electron chi connectivity index (χ0n) is 37.9. The van der Waals surface area contributed by atoms with Gasteiger partial charge in [0.1, 0.15) is 0 Å². The fourth-order valence-electron chi connectivity index (χ4n) is 11.5. The number of aromatic nitrogens is 7. The number of allylic oxidation sites excluding steroid dienone is 1. The first kappa shape index (κ1) is 38.7. The number of para-hydroxylation sites is 4. The first-order valence-corrected chi connectivity index (χ1v) is 24.0. The molecule has 7 heteroatoms. The van der Waals surface area contributed by atoms with Crippen LogP contribution in [-0.4, -0.2) is 33.2 Å². The van der Waals surface area contributed by atoms with Crippen LogP contribution in [0.5, 0.6) is 0 Å². The molecule has 70 heavy (non-hydrogen) atoms. The Morgan fingerprint density at radius 3 is 1.46 bits per heavy atom. The molecule has 0 N–H and O–H groups in total. The van der Waals surface area contributed by atoms with E-state index in [2.05, 4.69) is 206 Å². The van der Waals surface area contributed by atoms with Crippen LogP contribution in [0.15, 0.2) is 218 Å². The average molecular weight is 896 g/mol. The Morgan fingerprint density at radius 1 is 0.343 bits per heavy atom. The molecule has 9 aromatic carbocycles. The van der Waals surface area contributed by atoms with Crippen molar-refractivity contribution in [3.8, 4) is 45.8 Å². The summed E-state index contributed by atoms with van der Waals surface area (Å²) in [6.45, 7) is 0. The highest BCUT2D eigenvalue weighted by atomic mass is 15.2. The van der Waals surface area contributed by atoms with E-state index in [0.717, 1.165) is 57.6 Å². The second kappa shape index (κ2) is 15.1. The molecule has 0 bridgehead atoms. The van der Waals surface area contributed by atoms with Crippen LogP contribution in [0.3, 0.4) is 0 Å². The van der Waals surface area contributed by atoms with Crippen molar-refractivity contribution in [1.29, 1.82) is 0 Å². The number of hydrogen-bond acceptors (Lipinski definition) is 3. The van der Waals surface area contributed by atoms with Gasteiger partial charge in [-0.1, -0.05) is 158 Å². The van der Waals surface area contributed by atoms with E-state index in [1.165, 1.54) is 71.0 Å². The lowest BCUT2D eigenvalue weighted by molar-refractivity contribution is 0.840. The van der Waals surface area contributed by atoms with Gasteiger partial charge in [0.15, 0.2) is 11.6 Å². The normalized spacial score (nSPS) is 12.7. The lowest BCUT2D eigenvalue weighted by atomic mass is 10.0. The first-order valence-electron chi connectivity index (χ1n) is 24.0. The maximum Gasteiger partial charge on any atom is 0.238 e. The van der Waals surface area contributed by atoms with Crippen molar-refractivity contribution in [2.24, 2.45) is 0 Å². The zero-order valence-corrected chi connectivity index (χ0v) is 37.9. The molecule has 0 fully saturated rings. The summed E-state index contributed by atoms with van der Waals surface area (Å²) >= 11 is 0. The highest BCUT2D eigenvalue weighted by molar-refractivity contribution is 6.23. The lowest BCUT2D eigenvalue weighted by Crippen LogP contribution is -2.10. The Labute approximate surface area is 402 Å². The third-order valence-electron chi connectivity index (χ3n) is 14.5. The van der Waals surface area contributed by atoms with E-state index in [1.54, 1.807) is 0 Å². The maximum absolute atomic E-state index is 5.33. The Balaban J connectivity index is 0.982. The van der Waals surface area contributed by atoms with E-state index in [9.17, 15) is 0 Å². The van der Waals surface area contributed by atoms with Crippen LogP contribution in [0.1, 0.15) is 17.7 Å². The number of nitrogens with zero attached hydrogens (tertiary/aromatic N) is 7. The molecule has 0 atom stereocenters. The second-order valence-corrected chi connectivity index (χ2v) is 18.3. The summed E-state index contributed by atoms with van der Waals surface area (Å²) in [5, 5.41) is 8.42. The van der Waals surface area contributed by atoms with Crippen molar-refractivity contribution < 1.29 is 0 Å². The summed E-state index contributed by atoms with van der Waals surface area (Å²) in [6, 6.07) is 76.2. The minimum absolute atomic E-state index is 0.618. The average Bonchev–Trinajstić information content (AvgIpc) is 4.15. The number of rotatable bonds is 6. The summed E-state index contributed by atoms with van der Waals surface area (Å²) in [6.07, 6.45) is 6.40. The maximum atomic E-state index is 5.33. The minimum atomic E-state index is 0.618. The van der Waals surface area contributed by atoms with Crippen LogP contribution < -0.4 is 0 Å². The summed E-state index contributed by atoms with van der Waals surface area (Å²) in [5.41, 5.74) is 15.7. The Bertz CT molecular complexity index is 4400. The largest absolute Gasteiger partial charge is 0.309 e. The quantitative estimate of drug-likeness (QED) is 0.167. The van der Waals surface area contributed by atoms with Crippen molar-refractivity contribution in [1.82, 2.24) is 33.2 Å². The molecular formula is C63H41N7. The standard InChI is InChI=1S/C63H41N7/c1-4-19-40(20-5-1)61-64-62(41-21-6-2-7-22-41)66-63(65-61)70-54-33-16-10-27-45(54)48-35-36-56-59(60(48)70)49-30-13-17-34-55(49)68(56)43-25-18-26-44(37-43)69-53-32-15-12-29-47(53)51-38-57-50(39-58(51)69)46-28-11-14-31-52(46)67(57)42-23-8-3-9-24-42/h1-15,17-32,34-39H,16,33H2. The van der Waals surface area contributed by atoms with Gasteiger partial charge in [0.25, 0.3) is 0 Å². The summed E-state index contributed by atoms with van der Waals surface area (Å²) in [7, 11) is 0. The van der Waals surface area contributed by atoms with Crippen molar-refractivity contribution in [2.75, 3.05) is 0 Å². The van der Waals surface area contributed by atoms with Gasteiger partial charge in [-0.25, -0.2) is 4.98 Å². The van der Waals surface area contributed by atoms with E-state index in [1.807, 2.05) is 36.4 Å². The van der Waals surface area contributed by atoms with Gasteiger partial charge >= 0.3 is 0 Å². The molecule has 1 aliphatic carbocycles. The van der Waals surface area contributed by atoms with Crippen LogP contribution in [0.2, 0.25) is 0 Å². The SMILES string of the molecule is C1=Cc2c(n(-c3nc(-c4ccccc4)nc(-c4ccccc4)n3)c3c2ccc2c3c3ccccc3n2-c2cccc(-n3c4ccccc4c4cc5c(cc43)c3ccccc3n5-c3ccccc3)c2)CC1. The Kier molecular flexibility index (Phi) is 8.35. The molecular weight excluding hydrogens is 855 g/mol. The Hall–Kier alpha value is -9.33. The van der Waals surface area contributed by atoms with Gasteiger partial charge in [-0.3, -0.25) is 4.57 Å². The smallest absolute Gasteiger partial charge is 0.238 e. The number of fused-ring (bicyclic) bond motifs is 13. The molecule has 5 aromatic heterocycles. The molecule has 15 rings (SSSR count). The molecule has 1 aliphatic rings. The first-order chi connectivity index (χ1) is 34.7. The van der Waals surface area contributed by atoms with E-state index in [4.69, 9.17) is 15.0 Å². The van der Waals surface area contributed by atoms with E-state index < -0.39 is 0 Å². The van der Waals surface area contributed by atoms with E-state index in [-0.39, 0.29) is 0 Å².